The van der Waals surface area contributed by atoms with E-state index in [9.17, 15) is 13.6 Å². The molecule has 0 fully saturated rings. The number of anilines is 1. The summed E-state index contributed by atoms with van der Waals surface area (Å²) in [7, 11) is 0. The molecular formula is C22H21F2N3O. The minimum Gasteiger partial charge on any atom is -0.349 e. The number of rotatable bonds is 2. The van der Waals surface area contributed by atoms with E-state index in [2.05, 4.69) is 9.88 Å². The van der Waals surface area contributed by atoms with Crippen molar-refractivity contribution < 1.29 is 13.6 Å². The zero-order chi connectivity index (χ0) is 19.7. The van der Waals surface area contributed by atoms with Gasteiger partial charge in [-0.15, -0.1) is 0 Å². The van der Waals surface area contributed by atoms with Gasteiger partial charge in [0.2, 0.25) is 0 Å². The number of carbonyl (C=O) groups excluding carboxylic acids is 1. The Hall–Kier alpha value is -3.15. The van der Waals surface area contributed by atoms with E-state index in [0.29, 0.717) is 6.54 Å². The van der Waals surface area contributed by atoms with Gasteiger partial charge in [-0.2, -0.15) is 0 Å². The number of hydrogen-bond acceptors (Lipinski definition) is 1. The highest BCUT2D eigenvalue weighted by atomic mass is 19.1. The standard InChI is InChI=1S/C22H21F2N3O/c1-15-5-7-16(8-6-15)21-20-4-2-11-26(20)12-3-13-27(21)22(28)25-19-10-9-17(23)14-18(19)24/h2,4-11,14,21H,3,12-13H2,1H3,(H,25,28). The number of nitrogens with zero attached hydrogens (tertiary/aromatic N) is 2. The number of halogens is 2. The largest absolute Gasteiger partial charge is 0.349 e. The third-order valence-electron chi connectivity index (χ3n) is 5.08. The van der Waals surface area contributed by atoms with Gasteiger partial charge in [0.05, 0.1) is 11.7 Å². The van der Waals surface area contributed by atoms with Gasteiger partial charge >= 0.3 is 6.03 Å². The van der Waals surface area contributed by atoms with E-state index >= 15 is 0 Å². The number of nitrogens with one attached hydrogen (secondary N) is 1. The zero-order valence-corrected chi connectivity index (χ0v) is 15.5. The quantitative estimate of drug-likeness (QED) is 0.659. The highest BCUT2D eigenvalue weighted by Gasteiger charge is 2.31. The van der Waals surface area contributed by atoms with E-state index in [1.165, 1.54) is 6.07 Å². The molecule has 2 aromatic carbocycles. The van der Waals surface area contributed by atoms with Crippen LogP contribution in [0, 0.1) is 18.6 Å². The lowest BCUT2D eigenvalue weighted by molar-refractivity contribution is 0.199. The molecule has 0 bridgehead atoms. The Balaban J connectivity index is 1.70. The second-order valence-electron chi connectivity index (χ2n) is 7.04. The minimum atomic E-state index is -0.793. The summed E-state index contributed by atoms with van der Waals surface area (Å²) in [4.78, 5) is 14.8. The highest BCUT2D eigenvalue weighted by Crippen LogP contribution is 2.32. The second-order valence-corrected chi connectivity index (χ2v) is 7.04. The van der Waals surface area contributed by atoms with Crippen LogP contribution >= 0.6 is 0 Å². The maximum absolute atomic E-state index is 14.0. The molecule has 6 heteroatoms. The van der Waals surface area contributed by atoms with Crippen LogP contribution in [-0.2, 0) is 6.54 Å². The Bertz CT molecular complexity index is 997. The van der Waals surface area contributed by atoms with Gasteiger partial charge in [0.1, 0.15) is 11.6 Å². The van der Waals surface area contributed by atoms with Crippen LogP contribution in [0.4, 0.5) is 19.3 Å². The normalized spacial score (nSPS) is 16.4. The molecule has 0 radical (unpaired) electrons. The van der Waals surface area contributed by atoms with Gasteiger partial charge in [-0.05, 0) is 43.2 Å². The Kier molecular flexibility index (Phi) is 4.86. The lowest BCUT2D eigenvalue weighted by Crippen LogP contribution is -2.39. The first-order valence-electron chi connectivity index (χ1n) is 9.27. The molecule has 1 N–H and O–H groups in total. The lowest BCUT2D eigenvalue weighted by atomic mass is 10.0. The van der Waals surface area contributed by atoms with Crippen LogP contribution in [0.5, 0.6) is 0 Å². The maximum atomic E-state index is 14.0. The van der Waals surface area contributed by atoms with Crippen molar-refractivity contribution >= 4 is 11.7 Å². The van der Waals surface area contributed by atoms with Gasteiger partial charge in [-0.1, -0.05) is 29.8 Å². The van der Waals surface area contributed by atoms with Crippen molar-refractivity contribution in [1.29, 1.82) is 0 Å². The third-order valence-corrected chi connectivity index (χ3v) is 5.08. The SMILES string of the molecule is Cc1ccc(C2c3cccn3CCCN2C(=O)Nc2ccc(F)cc2F)cc1. The first-order chi connectivity index (χ1) is 13.5. The number of urea groups is 1. The fraction of sp³-hybridized carbons (Fsp3) is 0.227. The number of carbonyl (C=O) groups is 1. The summed E-state index contributed by atoms with van der Waals surface area (Å²) in [6.45, 7) is 3.34. The van der Waals surface area contributed by atoms with Crippen molar-refractivity contribution in [1.82, 2.24) is 9.47 Å². The van der Waals surface area contributed by atoms with Crippen molar-refractivity contribution in [2.24, 2.45) is 0 Å². The average Bonchev–Trinajstić information content (AvgIpc) is 3.05. The van der Waals surface area contributed by atoms with Gasteiger partial charge in [0, 0.05) is 31.0 Å². The number of aryl methyl sites for hydroxylation is 2. The molecule has 0 aliphatic carbocycles. The van der Waals surface area contributed by atoms with Crippen LogP contribution in [0.25, 0.3) is 0 Å². The predicted molar refractivity (Wildman–Crippen MR) is 104 cm³/mol. The van der Waals surface area contributed by atoms with Gasteiger partial charge in [-0.3, -0.25) is 0 Å². The Morgan fingerprint density at radius 1 is 1.07 bits per heavy atom. The molecule has 2 amide bonds. The van der Waals surface area contributed by atoms with E-state index in [-0.39, 0.29) is 11.7 Å². The number of hydrogen-bond donors (Lipinski definition) is 1. The van der Waals surface area contributed by atoms with Crippen molar-refractivity contribution in [3.05, 3.63) is 89.2 Å². The predicted octanol–water partition coefficient (Wildman–Crippen LogP) is 5.10. The summed E-state index contributed by atoms with van der Waals surface area (Å²) in [5.41, 5.74) is 3.10. The molecule has 0 spiro atoms. The maximum Gasteiger partial charge on any atom is 0.322 e. The van der Waals surface area contributed by atoms with E-state index in [1.807, 2.05) is 49.5 Å². The average molecular weight is 381 g/mol. The molecule has 1 aliphatic rings. The van der Waals surface area contributed by atoms with E-state index in [1.54, 1.807) is 4.90 Å². The molecule has 1 unspecified atom stereocenters. The fourth-order valence-electron chi connectivity index (χ4n) is 3.68. The minimum absolute atomic E-state index is 0.0336. The number of benzene rings is 2. The molecule has 2 heterocycles. The molecule has 1 atom stereocenters. The Morgan fingerprint density at radius 2 is 1.86 bits per heavy atom. The van der Waals surface area contributed by atoms with Gasteiger partial charge < -0.3 is 14.8 Å². The molecule has 3 aromatic rings. The highest BCUT2D eigenvalue weighted by molar-refractivity contribution is 5.90. The first kappa shape index (κ1) is 18.2. The smallest absolute Gasteiger partial charge is 0.322 e. The molecule has 1 aromatic heterocycles. The molecule has 0 saturated heterocycles. The molecule has 144 valence electrons. The summed E-state index contributed by atoms with van der Waals surface area (Å²) in [6, 6.07) is 14.5. The second kappa shape index (κ2) is 7.46. The summed E-state index contributed by atoms with van der Waals surface area (Å²) < 4.78 is 29.4. The van der Waals surface area contributed by atoms with Gasteiger partial charge in [0.15, 0.2) is 0 Å². The summed E-state index contributed by atoms with van der Waals surface area (Å²) in [6.07, 6.45) is 2.79. The Morgan fingerprint density at radius 3 is 2.61 bits per heavy atom. The number of amides is 2. The fourth-order valence-corrected chi connectivity index (χ4v) is 3.68. The summed E-state index contributed by atoms with van der Waals surface area (Å²) in [5, 5.41) is 2.61. The van der Waals surface area contributed by atoms with E-state index < -0.39 is 17.7 Å². The van der Waals surface area contributed by atoms with Crippen molar-refractivity contribution in [2.75, 3.05) is 11.9 Å². The monoisotopic (exact) mass is 381 g/mol. The molecule has 0 saturated carbocycles. The number of aromatic nitrogens is 1. The van der Waals surface area contributed by atoms with E-state index in [4.69, 9.17) is 0 Å². The van der Waals surface area contributed by atoms with Crippen molar-refractivity contribution in [2.45, 2.75) is 25.9 Å². The van der Waals surface area contributed by atoms with Crippen LogP contribution in [0.15, 0.2) is 60.8 Å². The lowest BCUT2D eigenvalue weighted by Gasteiger charge is -2.31. The summed E-state index contributed by atoms with van der Waals surface area (Å²) in [5.74, 6) is -1.47. The van der Waals surface area contributed by atoms with Gasteiger partial charge in [-0.25, -0.2) is 13.6 Å². The van der Waals surface area contributed by atoms with Crippen LogP contribution in [-0.4, -0.2) is 22.0 Å². The topological polar surface area (TPSA) is 37.3 Å². The molecular weight excluding hydrogens is 360 g/mol. The first-order valence-corrected chi connectivity index (χ1v) is 9.27. The van der Waals surface area contributed by atoms with E-state index in [0.717, 1.165) is 41.9 Å². The van der Waals surface area contributed by atoms with Crippen LogP contribution in [0.2, 0.25) is 0 Å². The van der Waals surface area contributed by atoms with Crippen molar-refractivity contribution in [3.63, 3.8) is 0 Å². The zero-order valence-electron chi connectivity index (χ0n) is 15.5. The van der Waals surface area contributed by atoms with Crippen LogP contribution < -0.4 is 5.32 Å². The molecule has 4 nitrogen and oxygen atoms in total. The van der Waals surface area contributed by atoms with Crippen molar-refractivity contribution in [3.8, 4) is 0 Å². The molecule has 1 aliphatic heterocycles. The third kappa shape index (κ3) is 3.50. The number of fused-ring (bicyclic) bond motifs is 1. The molecule has 4 rings (SSSR count). The Labute approximate surface area is 162 Å². The van der Waals surface area contributed by atoms with Gasteiger partial charge in [0.25, 0.3) is 0 Å². The van der Waals surface area contributed by atoms with Crippen LogP contribution in [0.1, 0.15) is 29.3 Å². The molecule has 28 heavy (non-hydrogen) atoms. The summed E-state index contributed by atoms with van der Waals surface area (Å²) >= 11 is 0. The van der Waals surface area contributed by atoms with Crippen LogP contribution in [0.3, 0.4) is 0 Å².